The van der Waals surface area contributed by atoms with Crippen LogP contribution in [0.2, 0.25) is 0 Å². The van der Waals surface area contributed by atoms with Crippen LogP contribution in [0.25, 0.3) is 16.7 Å². The first-order valence-corrected chi connectivity index (χ1v) is 25.7. The summed E-state index contributed by atoms with van der Waals surface area (Å²) in [6, 6.07) is 45.4. The molecular formula is C53H60Hf. The molecule has 0 aromatic heterocycles. The van der Waals surface area contributed by atoms with Gasteiger partial charge in [0.15, 0.2) is 0 Å². The molecule has 54 heavy (non-hydrogen) atoms. The fourth-order valence-corrected chi connectivity index (χ4v) is 22.2. The number of rotatable bonds is 5. The Morgan fingerprint density at radius 3 is 1.31 bits per heavy atom. The van der Waals surface area contributed by atoms with Crippen LogP contribution in [-0.2, 0) is 42.6 Å². The van der Waals surface area contributed by atoms with Gasteiger partial charge in [0.2, 0.25) is 0 Å². The topological polar surface area (TPSA) is 0 Å². The van der Waals surface area contributed by atoms with Crippen LogP contribution in [0, 0.1) is 0 Å². The molecule has 0 nitrogen and oxygen atoms in total. The van der Waals surface area contributed by atoms with Crippen LogP contribution in [-0.4, -0.2) is 3.26 Å². The molecule has 5 aromatic rings. The van der Waals surface area contributed by atoms with Gasteiger partial charge in [0.25, 0.3) is 0 Å². The van der Waals surface area contributed by atoms with E-state index in [1.54, 1.807) is 17.7 Å². The van der Waals surface area contributed by atoms with Gasteiger partial charge in [0, 0.05) is 0 Å². The molecule has 7 rings (SSSR count). The van der Waals surface area contributed by atoms with Crippen molar-refractivity contribution in [2.24, 2.45) is 0 Å². The van der Waals surface area contributed by atoms with Gasteiger partial charge in [-0.3, -0.25) is 0 Å². The maximum absolute atomic E-state index is 3.33. The van der Waals surface area contributed by atoms with Crippen molar-refractivity contribution >= 4 is 8.83 Å². The SMILES string of the molecule is CC(C)(C)c1cc(C2=[C]([Hf](=[C](c3ccccc3)c3ccccc3)[CH]3c4cc(C(C)(C)C)ccc4-c4ccc(C(C)(C)C)cc43)CC=C2)cc(C(C)(C)C)c1. The second-order valence-electron chi connectivity index (χ2n) is 19.9. The van der Waals surface area contributed by atoms with Crippen molar-refractivity contribution in [2.75, 3.05) is 0 Å². The summed E-state index contributed by atoms with van der Waals surface area (Å²) in [5, 5.41) is 0. The minimum absolute atomic E-state index is 0.0450. The molecule has 0 fully saturated rings. The Bertz CT molecular complexity index is 2160. The summed E-state index contributed by atoms with van der Waals surface area (Å²) in [6.07, 6.45) is 6.00. The molecule has 1 heteroatoms. The van der Waals surface area contributed by atoms with E-state index in [1.807, 2.05) is 0 Å². The molecule has 2 aliphatic rings. The van der Waals surface area contributed by atoms with Crippen LogP contribution in [0.5, 0.6) is 0 Å². The molecule has 0 atom stereocenters. The monoisotopic (exact) mass is 876 g/mol. The molecule has 0 unspecified atom stereocenters. The van der Waals surface area contributed by atoms with Crippen molar-refractivity contribution < 1.29 is 21.0 Å². The van der Waals surface area contributed by atoms with Crippen LogP contribution >= 0.6 is 0 Å². The fraction of sp³-hybridized carbons (Fsp3) is 0.340. The van der Waals surface area contributed by atoms with E-state index in [9.17, 15) is 0 Å². The van der Waals surface area contributed by atoms with Gasteiger partial charge in [-0.25, -0.2) is 0 Å². The first kappa shape index (κ1) is 38.6. The Morgan fingerprint density at radius 2 is 0.907 bits per heavy atom. The molecular weight excluding hydrogens is 815 g/mol. The molecule has 0 N–H and O–H groups in total. The molecule has 0 heterocycles. The summed E-state index contributed by atoms with van der Waals surface area (Å²) in [6.45, 7) is 28.4. The van der Waals surface area contributed by atoms with Crippen molar-refractivity contribution in [1.82, 2.24) is 0 Å². The number of hydrogen-bond acceptors (Lipinski definition) is 0. The fourth-order valence-electron chi connectivity index (χ4n) is 8.34. The van der Waals surface area contributed by atoms with Crippen molar-refractivity contribution in [3.8, 4) is 11.1 Å². The van der Waals surface area contributed by atoms with E-state index < -0.39 is 21.0 Å². The van der Waals surface area contributed by atoms with Crippen molar-refractivity contribution in [3.63, 3.8) is 0 Å². The molecule has 0 bridgehead atoms. The minimum atomic E-state index is -3.33. The summed E-state index contributed by atoms with van der Waals surface area (Å²) in [7, 11) is 0. The van der Waals surface area contributed by atoms with Crippen LogP contribution in [0.1, 0.15) is 143 Å². The van der Waals surface area contributed by atoms with Gasteiger partial charge in [0.05, 0.1) is 0 Å². The molecule has 0 saturated carbocycles. The van der Waals surface area contributed by atoms with E-state index in [0.29, 0.717) is 3.67 Å². The van der Waals surface area contributed by atoms with Gasteiger partial charge in [-0.2, -0.15) is 0 Å². The Morgan fingerprint density at radius 1 is 0.481 bits per heavy atom. The van der Waals surface area contributed by atoms with Crippen molar-refractivity contribution in [1.29, 1.82) is 0 Å². The average Bonchev–Trinajstić information content (AvgIpc) is 3.72. The van der Waals surface area contributed by atoms with Gasteiger partial charge in [-0.05, 0) is 0 Å². The maximum atomic E-state index is 2.62. The molecule has 0 saturated heterocycles. The normalized spacial score (nSPS) is 14.7. The summed E-state index contributed by atoms with van der Waals surface area (Å²) < 4.78 is 3.68. The first-order valence-electron chi connectivity index (χ1n) is 20.0. The standard InChI is InChI=1S/C21H25.C19H25.C13H10.Hf/c1-20(2,3)16-7-9-18-14(12-16)11-15-13-17(21(4,5)6)8-10-19(15)18;1-18(2,3)16-11-15(14-9-7-8-10-14)12-17(13-16)19(4,5)6;1-3-7-12(8-4-1)11-13-9-5-2-6-10-13;/h7-13H,1-6H3;7,9,11-13H,8H2,1-6H3;1-10H;. The zero-order valence-corrected chi connectivity index (χ0v) is 38.5. The second-order valence-corrected chi connectivity index (χ2v) is 28.9. The van der Waals surface area contributed by atoms with E-state index in [-0.39, 0.29) is 21.7 Å². The molecule has 2 aliphatic carbocycles. The third-order valence-corrected chi connectivity index (χ3v) is 24.0. The van der Waals surface area contributed by atoms with Gasteiger partial charge in [0.1, 0.15) is 0 Å². The van der Waals surface area contributed by atoms with Crippen molar-refractivity contribution in [2.45, 2.75) is 115 Å². The first-order chi connectivity index (χ1) is 25.3. The van der Waals surface area contributed by atoms with Crippen LogP contribution < -0.4 is 0 Å². The van der Waals surface area contributed by atoms with Gasteiger partial charge < -0.3 is 0 Å². The third-order valence-electron chi connectivity index (χ3n) is 11.7. The second kappa shape index (κ2) is 14.1. The van der Waals surface area contributed by atoms with Crippen LogP contribution in [0.15, 0.2) is 131 Å². The zero-order chi connectivity index (χ0) is 38.8. The van der Waals surface area contributed by atoms with E-state index in [0.717, 1.165) is 6.42 Å². The zero-order valence-electron chi connectivity index (χ0n) is 34.9. The number of allylic oxidation sites excluding steroid dienone is 4. The predicted molar refractivity (Wildman–Crippen MR) is 232 cm³/mol. The number of benzene rings is 5. The Balaban J connectivity index is 1.66. The van der Waals surface area contributed by atoms with Crippen LogP contribution in [0.4, 0.5) is 0 Å². The Kier molecular flexibility index (Phi) is 10.1. The molecule has 0 amide bonds. The van der Waals surface area contributed by atoms with E-state index >= 15 is 0 Å². The van der Waals surface area contributed by atoms with Gasteiger partial charge in [-0.15, -0.1) is 0 Å². The summed E-state index contributed by atoms with van der Waals surface area (Å²) in [5.74, 6) is 0. The summed E-state index contributed by atoms with van der Waals surface area (Å²) in [5.41, 5.74) is 17.5. The Labute approximate surface area is 334 Å². The molecule has 0 aliphatic heterocycles. The van der Waals surface area contributed by atoms with E-state index in [4.69, 9.17) is 0 Å². The average molecular weight is 876 g/mol. The molecule has 276 valence electrons. The van der Waals surface area contributed by atoms with Crippen molar-refractivity contribution in [3.05, 3.63) is 181 Å². The third kappa shape index (κ3) is 7.47. The Hall–Kier alpha value is -3.68. The van der Waals surface area contributed by atoms with E-state index in [1.165, 1.54) is 55.6 Å². The van der Waals surface area contributed by atoms with Crippen LogP contribution in [0.3, 0.4) is 0 Å². The molecule has 0 spiro atoms. The van der Waals surface area contributed by atoms with Gasteiger partial charge in [-0.1, -0.05) is 0 Å². The molecule has 5 aromatic carbocycles. The predicted octanol–water partition coefficient (Wildman–Crippen LogP) is 14.2. The van der Waals surface area contributed by atoms with E-state index in [2.05, 4.69) is 210 Å². The number of hydrogen-bond donors (Lipinski definition) is 0. The number of fused-ring (bicyclic) bond motifs is 3. The molecule has 0 radical (unpaired) electrons. The summed E-state index contributed by atoms with van der Waals surface area (Å²) >= 11 is -3.33. The van der Waals surface area contributed by atoms with Gasteiger partial charge >= 0.3 is 337 Å². The summed E-state index contributed by atoms with van der Waals surface area (Å²) in [4.78, 5) is 0. The quantitative estimate of drug-likeness (QED) is 0.154.